The fourth-order valence-corrected chi connectivity index (χ4v) is 6.78. The first-order valence-corrected chi connectivity index (χ1v) is 15.3. The number of amides is 2. The number of hydrogen-bond acceptors (Lipinski definition) is 4. The molecule has 2 N–H and O–H groups in total. The highest BCUT2D eigenvalue weighted by molar-refractivity contribution is 7.31. The van der Waals surface area contributed by atoms with Crippen LogP contribution in [-0.4, -0.2) is 12.1 Å². The van der Waals surface area contributed by atoms with E-state index in [0.29, 0.717) is 16.9 Å². The van der Waals surface area contributed by atoms with E-state index >= 15 is 0 Å². The van der Waals surface area contributed by atoms with Crippen molar-refractivity contribution in [2.75, 3.05) is 5.32 Å². The van der Waals surface area contributed by atoms with Crippen LogP contribution in [0.4, 0.5) is 10.5 Å². The van der Waals surface area contributed by atoms with Gasteiger partial charge in [-0.15, -0.1) is 0 Å². The number of fused-ring (bicyclic) bond motifs is 7. The van der Waals surface area contributed by atoms with Gasteiger partial charge in [0.2, 0.25) is 0 Å². The van der Waals surface area contributed by atoms with Gasteiger partial charge in [-0.2, -0.15) is 0 Å². The van der Waals surface area contributed by atoms with Crippen molar-refractivity contribution in [3.8, 4) is 0 Å². The summed E-state index contributed by atoms with van der Waals surface area (Å²) in [6, 6.07) is 43.1. The molecule has 212 valence electrons. The Kier molecular flexibility index (Phi) is 7.30. The smallest absolute Gasteiger partial charge is 0.388 e. The van der Waals surface area contributed by atoms with Crippen LogP contribution in [0, 0.1) is 0 Å². The van der Waals surface area contributed by atoms with Gasteiger partial charge in [-0.05, 0) is 58.3 Å². The number of carbonyl (C=O) groups excluding carboxylic acids is 1. The molecule has 0 aliphatic heterocycles. The molecule has 6 nitrogen and oxygen atoms in total. The molecule has 0 saturated heterocycles. The molecule has 0 fully saturated rings. The largest absolute Gasteiger partial charge is 0.399 e. The van der Waals surface area contributed by atoms with Gasteiger partial charge in [0.15, 0.2) is 0 Å². The van der Waals surface area contributed by atoms with E-state index < -0.39 is 20.4 Å². The van der Waals surface area contributed by atoms with Crippen LogP contribution >= 0.6 is 8.24 Å². The number of rotatable bonds is 6. The first kappa shape index (κ1) is 26.8. The summed E-state index contributed by atoms with van der Waals surface area (Å²) in [5.74, 6) is 0. The minimum absolute atomic E-state index is 0.327. The molecule has 0 radical (unpaired) electrons. The molecule has 7 heteroatoms. The summed E-state index contributed by atoms with van der Waals surface area (Å²) in [6.07, 6.45) is -0.556. The lowest BCUT2D eigenvalue weighted by Gasteiger charge is -2.24. The predicted octanol–water partition coefficient (Wildman–Crippen LogP) is 9.98. The summed E-state index contributed by atoms with van der Waals surface area (Å²) in [7, 11) is -1.92. The Morgan fingerprint density at radius 1 is 0.651 bits per heavy atom. The van der Waals surface area contributed by atoms with Gasteiger partial charge in [-0.25, -0.2) is 4.79 Å². The monoisotopic (exact) mass is 584 g/mol. The number of nitrogens with one attached hydrogen (secondary N) is 2. The number of hydrogen-bond donors (Lipinski definition) is 2. The van der Waals surface area contributed by atoms with Crippen molar-refractivity contribution in [1.82, 2.24) is 5.32 Å². The quantitative estimate of drug-likeness (QED) is 0.204. The maximum Gasteiger partial charge on any atom is 0.388 e. The maximum atomic E-state index is 12.9. The summed E-state index contributed by atoms with van der Waals surface area (Å²) < 4.78 is 19.9. The van der Waals surface area contributed by atoms with Gasteiger partial charge in [0.25, 0.3) is 0 Å². The fraction of sp³-hybridized carbons (Fsp3) is 0.0833. The maximum absolute atomic E-state index is 12.9. The van der Waals surface area contributed by atoms with Gasteiger partial charge in [0, 0.05) is 16.5 Å². The van der Waals surface area contributed by atoms with Gasteiger partial charge < -0.3 is 19.0 Å². The van der Waals surface area contributed by atoms with Crippen LogP contribution in [0.5, 0.6) is 0 Å². The van der Waals surface area contributed by atoms with Crippen molar-refractivity contribution < 1.29 is 17.7 Å². The average molecular weight is 585 g/mol. The van der Waals surface area contributed by atoms with Gasteiger partial charge in [0.05, 0.1) is 6.04 Å². The molecule has 2 amide bonds. The van der Waals surface area contributed by atoms with Gasteiger partial charge in [0.1, 0.15) is 17.3 Å². The van der Waals surface area contributed by atoms with E-state index in [4.69, 9.17) is 12.9 Å². The molecule has 1 aromatic heterocycles. The first-order valence-electron chi connectivity index (χ1n) is 14.2. The summed E-state index contributed by atoms with van der Waals surface area (Å²) in [5, 5.41) is 12.3. The highest BCUT2D eigenvalue weighted by Gasteiger charge is 2.25. The van der Waals surface area contributed by atoms with E-state index in [1.807, 2.05) is 104 Å². The molecule has 2 atom stereocenters. The van der Waals surface area contributed by atoms with Crippen molar-refractivity contribution in [3.63, 3.8) is 0 Å². The first-order chi connectivity index (χ1) is 21.1. The fourth-order valence-electron chi connectivity index (χ4n) is 5.54. The second-order valence-corrected chi connectivity index (χ2v) is 11.4. The second kappa shape index (κ2) is 11.7. The molecular formula is C36H29N2O4P. The molecule has 0 aliphatic carbocycles. The normalized spacial score (nSPS) is 12.8. The zero-order valence-corrected chi connectivity index (χ0v) is 24.3. The van der Waals surface area contributed by atoms with Crippen molar-refractivity contribution in [3.05, 3.63) is 139 Å². The second-order valence-electron chi connectivity index (χ2n) is 10.4. The Morgan fingerprint density at radius 2 is 1.16 bits per heavy atom. The summed E-state index contributed by atoms with van der Waals surface area (Å²) in [4.78, 5) is 12.9. The van der Waals surface area contributed by atoms with Crippen molar-refractivity contribution in [2.24, 2.45) is 0 Å². The number of para-hydroxylation sites is 1. The van der Waals surface area contributed by atoms with Gasteiger partial charge in [-0.1, -0.05) is 109 Å². The molecule has 43 heavy (non-hydrogen) atoms. The summed E-state index contributed by atoms with van der Waals surface area (Å²) in [5.41, 5.74) is 2.98. The molecular weight excluding hydrogens is 555 g/mol. The molecule has 0 spiro atoms. The third-order valence-electron chi connectivity index (χ3n) is 7.55. The van der Waals surface area contributed by atoms with Crippen molar-refractivity contribution >= 4 is 63.4 Å². The lowest BCUT2D eigenvalue weighted by molar-refractivity contribution is 0.204. The minimum atomic E-state index is -1.92. The van der Waals surface area contributed by atoms with Crippen molar-refractivity contribution in [2.45, 2.75) is 19.1 Å². The Bertz CT molecular complexity index is 2010. The predicted molar refractivity (Wildman–Crippen MR) is 175 cm³/mol. The summed E-state index contributed by atoms with van der Waals surface area (Å²) >= 11 is 0. The Hall–Kier alpha value is -5.03. The number of urea groups is 1. The van der Waals surface area contributed by atoms with E-state index in [1.54, 1.807) is 0 Å². The molecule has 7 aromatic rings. The van der Waals surface area contributed by atoms with Gasteiger partial charge in [-0.3, -0.25) is 4.52 Å². The van der Waals surface area contributed by atoms with E-state index in [1.165, 1.54) is 0 Å². The Morgan fingerprint density at radius 3 is 1.74 bits per heavy atom. The number of benzene rings is 6. The lowest BCUT2D eigenvalue weighted by Crippen LogP contribution is -2.41. The van der Waals surface area contributed by atoms with E-state index in [0.717, 1.165) is 37.9 Å². The summed E-state index contributed by atoms with van der Waals surface area (Å²) in [6.45, 7) is 1.91. The van der Waals surface area contributed by atoms with E-state index in [2.05, 4.69) is 47.0 Å². The standard InChI is InChI=1S/C36H29N2O4P/c1-24(37-36(39)38-28-16-6-3-7-17-28)35(27-14-4-2-5-15-27)42-43-40-31-22-20-25-12-8-10-18-29(25)33(31)34-30-19-11-9-13-26(30)21-23-32(34)41-43/h2-24,35H,1H3,(H2,37,38,39). The zero-order chi connectivity index (χ0) is 29.2. The Balaban J connectivity index is 1.36. The van der Waals surface area contributed by atoms with Crippen LogP contribution < -0.4 is 15.2 Å². The number of carbonyl (C=O) groups is 1. The highest BCUT2D eigenvalue weighted by atomic mass is 31.1. The molecule has 2 unspecified atom stereocenters. The minimum Gasteiger partial charge on any atom is -0.399 e. The number of anilines is 1. The molecule has 6 aromatic carbocycles. The van der Waals surface area contributed by atoms with Crippen LogP contribution in [-0.2, 0) is 0 Å². The average Bonchev–Trinajstić information content (AvgIpc) is 3.21. The van der Waals surface area contributed by atoms with Crippen molar-refractivity contribution in [1.29, 1.82) is 0 Å². The molecule has 0 saturated carbocycles. The molecule has 1 heterocycles. The van der Waals surface area contributed by atoms with Crippen LogP contribution in [0.2, 0.25) is 0 Å². The molecule has 0 bridgehead atoms. The van der Waals surface area contributed by atoms with Gasteiger partial charge >= 0.3 is 14.3 Å². The Labute approximate surface area is 249 Å². The van der Waals surface area contributed by atoms with Crippen LogP contribution in [0.25, 0.3) is 43.5 Å². The molecule has 7 rings (SSSR count). The highest BCUT2D eigenvalue weighted by Crippen LogP contribution is 2.42. The molecule has 0 aliphatic rings. The van der Waals surface area contributed by atoms with Crippen LogP contribution in [0.1, 0.15) is 18.6 Å². The van der Waals surface area contributed by atoms with E-state index in [9.17, 15) is 4.79 Å². The topological polar surface area (TPSA) is 76.6 Å². The third-order valence-corrected chi connectivity index (χ3v) is 8.64. The van der Waals surface area contributed by atoms with Crippen LogP contribution in [0.3, 0.4) is 0 Å². The lowest BCUT2D eigenvalue weighted by atomic mass is 9.99. The third kappa shape index (κ3) is 5.46. The zero-order valence-electron chi connectivity index (χ0n) is 23.4. The van der Waals surface area contributed by atoms with E-state index in [-0.39, 0.29) is 6.03 Å². The van der Waals surface area contributed by atoms with Crippen LogP contribution in [0.15, 0.2) is 142 Å². The SMILES string of the molecule is CC(NC(=O)Nc1ccccc1)C(Op1oc2ccc3ccccc3c2c2c(ccc3ccccc32)o1)c1ccccc1.